The lowest BCUT2D eigenvalue weighted by atomic mass is 10.1. The number of hydrogen-bond donors (Lipinski definition) is 2. The third-order valence-corrected chi connectivity index (χ3v) is 3.77. The molecule has 0 saturated heterocycles. The molecule has 1 aliphatic carbocycles. The second-order valence-corrected chi connectivity index (χ2v) is 5.60. The highest BCUT2D eigenvalue weighted by Gasteiger charge is 2.22. The molecule has 1 aliphatic heterocycles. The van der Waals surface area contributed by atoms with Crippen LogP contribution in [0.4, 0.5) is 0 Å². The smallest absolute Gasteiger partial charge is 0.231 e. The lowest BCUT2D eigenvalue weighted by molar-refractivity contribution is 0.173. The zero-order valence-electron chi connectivity index (χ0n) is 12.3. The van der Waals surface area contributed by atoms with Gasteiger partial charge in [0.2, 0.25) is 6.79 Å². The monoisotopic (exact) mass is 293 g/mol. The number of ether oxygens (including phenoxy) is 3. The zero-order valence-corrected chi connectivity index (χ0v) is 12.3. The van der Waals surface area contributed by atoms with Crippen molar-refractivity contribution in [1.29, 1.82) is 0 Å². The predicted molar refractivity (Wildman–Crippen MR) is 78.9 cm³/mol. The number of aliphatic hydroxyl groups excluding tert-OH is 1. The summed E-state index contributed by atoms with van der Waals surface area (Å²) in [6.07, 6.45) is 5.30. The van der Waals surface area contributed by atoms with Gasteiger partial charge in [0, 0.05) is 30.8 Å². The summed E-state index contributed by atoms with van der Waals surface area (Å²) in [5.74, 6) is 2.43. The van der Waals surface area contributed by atoms with E-state index in [1.807, 2.05) is 12.1 Å². The molecular weight excluding hydrogens is 270 g/mol. The van der Waals surface area contributed by atoms with Gasteiger partial charge in [0.25, 0.3) is 0 Å². The number of aliphatic hydroxyl groups is 1. The largest absolute Gasteiger partial charge is 0.493 e. The molecule has 0 radical (unpaired) electrons. The van der Waals surface area contributed by atoms with Gasteiger partial charge in [-0.3, -0.25) is 0 Å². The van der Waals surface area contributed by atoms with Crippen LogP contribution in [-0.2, 0) is 6.54 Å². The van der Waals surface area contributed by atoms with Gasteiger partial charge in [0.05, 0.1) is 6.61 Å². The van der Waals surface area contributed by atoms with Crippen LogP contribution in [-0.4, -0.2) is 31.2 Å². The molecule has 1 aromatic rings. The van der Waals surface area contributed by atoms with Gasteiger partial charge in [-0.1, -0.05) is 0 Å². The van der Waals surface area contributed by atoms with Crippen molar-refractivity contribution >= 4 is 0 Å². The lowest BCUT2D eigenvalue weighted by Crippen LogP contribution is -2.16. The highest BCUT2D eigenvalue weighted by molar-refractivity contribution is 5.51. The second-order valence-electron chi connectivity index (χ2n) is 5.60. The van der Waals surface area contributed by atoms with Crippen molar-refractivity contribution in [2.24, 2.45) is 0 Å². The topological polar surface area (TPSA) is 60.0 Å². The predicted octanol–water partition coefficient (Wildman–Crippen LogP) is 2.21. The molecule has 0 spiro atoms. The Morgan fingerprint density at radius 1 is 1.14 bits per heavy atom. The molecule has 0 bridgehead atoms. The van der Waals surface area contributed by atoms with Crippen molar-refractivity contribution in [3.8, 4) is 17.2 Å². The molecule has 2 N–H and O–H groups in total. The Morgan fingerprint density at radius 2 is 1.95 bits per heavy atom. The van der Waals surface area contributed by atoms with E-state index in [1.165, 1.54) is 12.8 Å². The van der Waals surface area contributed by atoms with Gasteiger partial charge in [-0.25, -0.2) is 0 Å². The van der Waals surface area contributed by atoms with Gasteiger partial charge in [-0.2, -0.15) is 0 Å². The first-order valence-electron chi connectivity index (χ1n) is 7.76. The summed E-state index contributed by atoms with van der Waals surface area (Å²) >= 11 is 0. The van der Waals surface area contributed by atoms with E-state index in [0.717, 1.165) is 48.6 Å². The van der Waals surface area contributed by atoms with E-state index < -0.39 is 0 Å². The summed E-state index contributed by atoms with van der Waals surface area (Å²) in [7, 11) is 0. The third kappa shape index (κ3) is 4.02. The summed E-state index contributed by atoms with van der Waals surface area (Å²) < 4.78 is 16.8. The standard InChI is InChI=1S/C16H23NO4/c18-6-2-1-3-7-19-14-9-16-15(20-11-21-16)8-12(14)10-17-13-4-5-13/h8-9,13,17-18H,1-7,10-11H2. The number of nitrogens with one attached hydrogen (secondary N) is 1. The zero-order chi connectivity index (χ0) is 14.5. The van der Waals surface area contributed by atoms with E-state index in [1.54, 1.807) is 0 Å². The maximum atomic E-state index is 8.78. The molecule has 1 saturated carbocycles. The van der Waals surface area contributed by atoms with Crippen LogP contribution in [0.5, 0.6) is 17.2 Å². The first-order valence-corrected chi connectivity index (χ1v) is 7.76. The number of unbranched alkanes of at least 4 members (excludes halogenated alkanes) is 2. The molecule has 1 heterocycles. The minimum absolute atomic E-state index is 0.251. The maximum absolute atomic E-state index is 8.78. The fourth-order valence-electron chi connectivity index (χ4n) is 2.35. The SMILES string of the molecule is OCCCCCOc1cc2c(cc1CNC1CC1)OCO2. The number of fused-ring (bicyclic) bond motifs is 1. The van der Waals surface area contributed by atoms with E-state index in [4.69, 9.17) is 19.3 Å². The van der Waals surface area contributed by atoms with Gasteiger partial charge in [-0.15, -0.1) is 0 Å². The molecule has 1 fully saturated rings. The van der Waals surface area contributed by atoms with Gasteiger partial charge >= 0.3 is 0 Å². The van der Waals surface area contributed by atoms with Crippen molar-refractivity contribution in [3.05, 3.63) is 17.7 Å². The van der Waals surface area contributed by atoms with E-state index >= 15 is 0 Å². The molecule has 2 aliphatic rings. The molecule has 116 valence electrons. The van der Waals surface area contributed by atoms with E-state index in [9.17, 15) is 0 Å². The van der Waals surface area contributed by atoms with E-state index in [-0.39, 0.29) is 13.4 Å². The Hall–Kier alpha value is -1.46. The van der Waals surface area contributed by atoms with Crippen LogP contribution >= 0.6 is 0 Å². The number of hydrogen-bond acceptors (Lipinski definition) is 5. The third-order valence-electron chi connectivity index (χ3n) is 3.77. The molecule has 21 heavy (non-hydrogen) atoms. The van der Waals surface area contributed by atoms with Crippen molar-refractivity contribution < 1.29 is 19.3 Å². The lowest BCUT2D eigenvalue weighted by Gasteiger charge is -2.13. The van der Waals surface area contributed by atoms with Crippen LogP contribution in [0.25, 0.3) is 0 Å². The van der Waals surface area contributed by atoms with Crippen LogP contribution in [0.15, 0.2) is 12.1 Å². The number of benzene rings is 1. The first-order chi connectivity index (χ1) is 10.4. The fourth-order valence-corrected chi connectivity index (χ4v) is 2.35. The summed E-state index contributed by atoms with van der Waals surface area (Å²) in [4.78, 5) is 0. The Balaban J connectivity index is 1.61. The molecule has 3 rings (SSSR count). The van der Waals surface area contributed by atoms with Crippen LogP contribution in [0.2, 0.25) is 0 Å². The van der Waals surface area contributed by atoms with Crippen LogP contribution < -0.4 is 19.5 Å². The maximum Gasteiger partial charge on any atom is 0.231 e. The van der Waals surface area contributed by atoms with Crippen molar-refractivity contribution in [3.63, 3.8) is 0 Å². The highest BCUT2D eigenvalue weighted by Crippen LogP contribution is 2.38. The second kappa shape index (κ2) is 7.00. The van der Waals surface area contributed by atoms with Crippen LogP contribution in [0.1, 0.15) is 37.7 Å². The Kier molecular flexibility index (Phi) is 4.83. The molecule has 0 atom stereocenters. The first kappa shape index (κ1) is 14.5. The average Bonchev–Trinajstić information content (AvgIpc) is 3.21. The Bertz CT molecular complexity index is 474. The van der Waals surface area contributed by atoms with Crippen molar-refractivity contribution in [2.45, 2.75) is 44.7 Å². The van der Waals surface area contributed by atoms with Crippen LogP contribution in [0.3, 0.4) is 0 Å². The molecule has 5 nitrogen and oxygen atoms in total. The summed E-state index contributed by atoms with van der Waals surface area (Å²) in [5.41, 5.74) is 1.12. The van der Waals surface area contributed by atoms with Gasteiger partial charge in [0.15, 0.2) is 11.5 Å². The minimum Gasteiger partial charge on any atom is -0.493 e. The minimum atomic E-state index is 0.251. The normalized spacial score (nSPS) is 16.2. The van der Waals surface area contributed by atoms with Gasteiger partial charge < -0.3 is 24.6 Å². The van der Waals surface area contributed by atoms with E-state index in [2.05, 4.69) is 5.32 Å². The average molecular weight is 293 g/mol. The summed E-state index contributed by atoms with van der Waals surface area (Å²) in [6.45, 7) is 1.99. The van der Waals surface area contributed by atoms with Crippen LogP contribution in [0, 0.1) is 0 Å². The molecule has 1 aromatic carbocycles. The van der Waals surface area contributed by atoms with Gasteiger partial charge in [0.1, 0.15) is 5.75 Å². The van der Waals surface area contributed by atoms with Crippen molar-refractivity contribution in [1.82, 2.24) is 5.32 Å². The van der Waals surface area contributed by atoms with E-state index in [0.29, 0.717) is 12.6 Å². The summed E-state index contributed by atoms with van der Waals surface area (Å²) in [6, 6.07) is 4.60. The molecular formula is C16H23NO4. The highest BCUT2D eigenvalue weighted by atomic mass is 16.7. The summed E-state index contributed by atoms with van der Waals surface area (Å²) in [5, 5.41) is 12.3. The Labute approximate surface area is 125 Å². The van der Waals surface area contributed by atoms with Gasteiger partial charge in [-0.05, 0) is 38.2 Å². The number of rotatable bonds is 9. The fraction of sp³-hybridized carbons (Fsp3) is 0.625. The van der Waals surface area contributed by atoms with Crippen molar-refractivity contribution in [2.75, 3.05) is 20.0 Å². The molecule has 0 amide bonds. The molecule has 0 unspecified atom stereocenters. The molecule has 5 heteroatoms. The molecule has 0 aromatic heterocycles. The Morgan fingerprint density at radius 3 is 2.71 bits per heavy atom. The quantitative estimate of drug-likeness (QED) is 0.684.